The summed E-state index contributed by atoms with van der Waals surface area (Å²) in [6.45, 7) is 0. The number of aromatic nitrogens is 2. The molecule has 0 amide bonds. The molecule has 11 nitrogen and oxygen atoms in total. The van der Waals surface area contributed by atoms with Gasteiger partial charge >= 0.3 is 12.4 Å². The Morgan fingerprint density at radius 1 is 0.250 bits per heavy atom. The van der Waals surface area contributed by atoms with Crippen molar-refractivity contribution in [3.05, 3.63) is 237 Å². The molecule has 0 fully saturated rings. The minimum atomic E-state index is -5.27. The molecule has 2 aromatic heterocycles. The zero-order chi connectivity index (χ0) is 61.9. The zero-order valence-corrected chi connectivity index (χ0v) is 44.9. The fourth-order valence-electron chi connectivity index (χ4n) is 11.4. The van der Waals surface area contributed by atoms with Gasteiger partial charge in [-0.05, 0) is 177 Å². The first kappa shape index (κ1) is 55.3. The van der Waals surface area contributed by atoms with Crippen LogP contribution in [0.3, 0.4) is 0 Å². The maximum Gasteiger partial charge on any atom is 0.416 e. The summed E-state index contributed by atoms with van der Waals surface area (Å²) >= 11 is 0. The van der Waals surface area contributed by atoms with Crippen LogP contribution >= 0.6 is 0 Å². The van der Waals surface area contributed by atoms with Crippen molar-refractivity contribution in [3.63, 3.8) is 0 Å². The van der Waals surface area contributed by atoms with Crippen LogP contribution in [0, 0.1) is 102 Å². The Hall–Kier alpha value is -13.2. The van der Waals surface area contributed by atoms with E-state index in [1.54, 1.807) is 118 Å². The largest absolute Gasteiger partial charge is 0.416 e. The zero-order valence-electron chi connectivity index (χ0n) is 44.9. The predicted octanol–water partition coefficient (Wildman–Crippen LogP) is 17.1. The van der Waals surface area contributed by atoms with E-state index in [1.165, 1.54) is 36.4 Å². The number of nitrogens with zero attached hydrogens (tertiary/aromatic N) is 11. The Kier molecular flexibility index (Phi) is 13.3. The molecule has 0 N–H and O–H groups in total. The highest BCUT2D eigenvalue weighted by molar-refractivity contribution is 6.14. The van der Waals surface area contributed by atoms with Gasteiger partial charge in [-0.1, -0.05) is 48.5 Å². The Balaban J connectivity index is 1.24. The van der Waals surface area contributed by atoms with Crippen molar-refractivity contribution < 1.29 is 26.3 Å². The van der Waals surface area contributed by atoms with Crippen LogP contribution in [0.1, 0.15) is 61.2 Å². The third kappa shape index (κ3) is 9.30. The molecule has 0 radical (unpaired) electrons. The molecule has 0 atom stereocenters. The molecule has 410 valence electrons. The quantitative estimate of drug-likeness (QED) is 0.138. The maximum absolute atomic E-state index is 14.8. The SMILES string of the molecule is N#Cc1ccc(-c2ccc3c(c2)c2cc(-c4ccc(C#N)cc4C#N)ccc2n3-c2cc(C#N)c(-c3cc(C(F)(F)F)cc(C(F)(F)F)c3)cc2-n2c3ccc(-c4ccc(C#N)cc4C#N)cc3c3cc(-c4ccc(C#N)cc4C#N)ccc32)c(C#N)c1. The lowest BCUT2D eigenvalue weighted by atomic mass is 9.94. The molecule has 0 spiro atoms. The van der Waals surface area contributed by atoms with E-state index in [0.717, 1.165) is 0 Å². The van der Waals surface area contributed by atoms with Crippen LogP contribution in [0.25, 0.3) is 111 Å². The average molecular weight is 1150 g/mol. The maximum atomic E-state index is 14.8. The van der Waals surface area contributed by atoms with E-state index >= 15 is 0 Å². The second-order valence-corrected chi connectivity index (χ2v) is 20.3. The molecule has 0 aliphatic rings. The minimum absolute atomic E-state index is 0.000346. The van der Waals surface area contributed by atoms with Crippen LogP contribution in [-0.2, 0) is 12.4 Å². The Labute approximate surface area is 495 Å². The first-order valence-corrected chi connectivity index (χ1v) is 26.3. The predicted molar refractivity (Wildman–Crippen MR) is 315 cm³/mol. The van der Waals surface area contributed by atoms with Crippen molar-refractivity contribution in [1.82, 2.24) is 9.13 Å². The van der Waals surface area contributed by atoms with Crippen LogP contribution in [-0.4, -0.2) is 9.13 Å². The van der Waals surface area contributed by atoms with Gasteiger partial charge in [0.1, 0.15) is 0 Å². The second kappa shape index (κ2) is 21.2. The number of hydrogen-bond acceptors (Lipinski definition) is 9. The highest BCUT2D eigenvalue weighted by Crippen LogP contribution is 2.47. The lowest BCUT2D eigenvalue weighted by Crippen LogP contribution is -2.11. The molecule has 0 aliphatic carbocycles. The summed E-state index contributed by atoms with van der Waals surface area (Å²) in [5, 5.41) is 93.6. The normalized spacial score (nSPS) is 11.2. The Morgan fingerprint density at radius 3 is 0.784 bits per heavy atom. The van der Waals surface area contributed by atoms with Crippen LogP contribution in [0.15, 0.2) is 176 Å². The smallest absolute Gasteiger partial charge is 0.307 e. The highest BCUT2D eigenvalue weighted by atomic mass is 19.4. The third-order valence-electron chi connectivity index (χ3n) is 15.5. The number of halogens is 6. The number of alkyl halides is 6. The molecule has 10 aromatic carbocycles. The topological polar surface area (TPSA) is 224 Å². The summed E-state index contributed by atoms with van der Waals surface area (Å²) in [5.41, 5.74) is 3.05. The average Bonchev–Trinajstić information content (AvgIpc) is 1.55. The molecule has 0 bridgehead atoms. The minimum Gasteiger partial charge on any atom is -0.307 e. The molecule has 2 heterocycles. The number of rotatable bonds is 7. The van der Waals surface area contributed by atoms with Gasteiger partial charge in [-0.25, -0.2) is 0 Å². The van der Waals surface area contributed by atoms with Crippen molar-refractivity contribution in [2.24, 2.45) is 0 Å². The van der Waals surface area contributed by atoms with Crippen LogP contribution in [0.2, 0.25) is 0 Å². The fourth-order valence-corrected chi connectivity index (χ4v) is 11.4. The van der Waals surface area contributed by atoms with E-state index in [4.69, 9.17) is 0 Å². The van der Waals surface area contributed by atoms with E-state index < -0.39 is 29.0 Å². The van der Waals surface area contributed by atoms with Gasteiger partial charge in [0.15, 0.2) is 0 Å². The first-order chi connectivity index (χ1) is 42.4. The summed E-state index contributed by atoms with van der Waals surface area (Å²) in [5.74, 6) is 0. The highest BCUT2D eigenvalue weighted by Gasteiger charge is 2.38. The molecule has 17 heteroatoms. The van der Waals surface area contributed by atoms with E-state index in [0.29, 0.717) is 100 Å². The number of hydrogen-bond donors (Lipinski definition) is 0. The molecule has 12 aromatic rings. The fraction of sp³-hybridized carbons (Fsp3) is 0.0282. The number of benzene rings is 10. The molecule has 0 aliphatic heterocycles. The van der Waals surface area contributed by atoms with Crippen molar-refractivity contribution >= 4 is 43.6 Å². The molecule has 12 rings (SSSR count). The van der Waals surface area contributed by atoms with Gasteiger partial charge in [-0.3, -0.25) is 0 Å². The van der Waals surface area contributed by atoms with Gasteiger partial charge < -0.3 is 9.13 Å². The first-order valence-electron chi connectivity index (χ1n) is 26.3. The summed E-state index contributed by atoms with van der Waals surface area (Å²) in [7, 11) is 0. The standard InChI is InChI=1S/C71H29F6N11/c72-70(73,74)53-21-47(22-54(28-53)71(75,76)77)59-29-69(88-66-15-7-45(57-11-3-41(32-80)19-50(57)36-84)25-62(66)63-26-46(8-16-67(63)88)58-12-4-42(33-81)20-51(58)37-85)68(27-52(59)38-86)87-64-13-5-43(55-9-1-39(30-78)17-48(55)34-82)23-60(64)61-24-44(6-14-65(61)87)56-10-2-40(31-79)18-49(56)35-83/h1-29H. The van der Waals surface area contributed by atoms with Crippen molar-refractivity contribution in [2.45, 2.75) is 12.4 Å². The molecule has 88 heavy (non-hydrogen) atoms. The van der Waals surface area contributed by atoms with Gasteiger partial charge in [-0.15, -0.1) is 0 Å². The van der Waals surface area contributed by atoms with Crippen LogP contribution < -0.4 is 0 Å². The van der Waals surface area contributed by atoms with Gasteiger partial charge in [0.25, 0.3) is 0 Å². The molecular weight excluding hydrogens is 1120 g/mol. The van der Waals surface area contributed by atoms with E-state index in [9.17, 15) is 73.7 Å². The lowest BCUT2D eigenvalue weighted by molar-refractivity contribution is -0.143. The van der Waals surface area contributed by atoms with Crippen molar-refractivity contribution in [3.8, 4) is 122 Å². The molecule has 0 unspecified atom stereocenters. The van der Waals surface area contributed by atoms with Crippen LogP contribution in [0.5, 0.6) is 0 Å². The summed E-state index contributed by atoms with van der Waals surface area (Å²) in [6, 6.07) is 62.3. The summed E-state index contributed by atoms with van der Waals surface area (Å²) in [6.07, 6.45) is -10.5. The van der Waals surface area contributed by atoms with Crippen molar-refractivity contribution in [2.75, 3.05) is 0 Å². The van der Waals surface area contributed by atoms with Gasteiger partial charge in [0.2, 0.25) is 0 Å². The van der Waals surface area contributed by atoms with Crippen molar-refractivity contribution in [1.29, 1.82) is 47.4 Å². The van der Waals surface area contributed by atoms with Crippen LogP contribution in [0.4, 0.5) is 26.3 Å². The summed E-state index contributed by atoms with van der Waals surface area (Å²) < 4.78 is 92.2. The van der Waals surface area contributed by atoms with Gasteiger partial charge in [0, 0.05) is 27.1 Å². The van der Waals surface area contributed by atoms with E-state index in [-0.39, 0.29) is 73.1 Å². The van der Waals surface area contributed by atoms with Gasteiger partial charge in [-0.2, -0.15) is 73.7 Å². The monoisotopic (exact) mass is 1150 g/mol. The van der Waals surface area contributed by atoms with E-state index in [1.807, 2.05) is 36.4 Å². The summed E-state index contributed by atoms with van der Waals surface area (Å²) in [4.78, 5) is 0. The van der Waals surface area contributed by atoms with Gasteiger partial charge in [0.05, 0.1) is 149 Å². The Bertz CT molecular complexity index is 5200. The molecule has 0 saturated carbocycles. The second-order valence-electron chi connectivity index (χ2n) is 20.3. The number of nitriles is 9. The number of fused-ring (bicyclic) bond motifs is 6. The Morgan fingerprint density at radius 2 is 0.523 bits per heavy atom. The third-order valence-corrected chi connectivity index (χ3v) is 15.5. The molecule has 0 saturated heterocycles. The van der Waals surface area contributed by atoms with E-state index in [2.05, 4.69) is 30.3 Å². The molecular formula is C71H29F6N11. The lowest BCUT2D eigenvalue weighted by Gasteiger charge is -2.21.